The zero-order valence-electron chi connectivity index (χ0n) is 14.6. The van der Waals surface area contributed by atoms with Crippen molar-refractivity contribution in [3.05, 3.63) is 30.9 Å². The van der Waals surface area contributed by atoms with E-state index in [1.807, 2.05) is 0 Å². The average molecular weight is 410 g/mol. The number of nitrogen functional groups attached to an aromatic ring is 1. The lowest BCUT2D eigenvalue weighted by Crippen LogP contribution is -2.34. The quantitative estimate of drug-likeness (QED) is 0.418. The molecule has 13 nitrogen and oxygen atoms in total. The van der Waals surface area contributed by atoms with Crippen LogP contribution < -0.4 is 10.6 Å². The van der Waals surface area contributed by atoms with E-state index in [0.29, 0.717) is 11.2 Å². The Bertz CT molecular complexity index is 1050. The molecule has 0 saturated carbocycles. The third-order valence-electron chi connectivity index (χ3n) is 4.47. The summed E-state index contributed by atoms with van der Waals surface area (Å²) < 4.78 is 25.2. The van der Waals surface area contributed by atoms with Crippen LogP contribution in [0, 0.1) is 6.92 Å². The van der Waals surface area contributed by atoms with Crippen LogP contribution in [0.1, 0.15) is 12.1 Å². The molecule has 5 atom stereocenters. The Morgan fingerprint density at radius 2 is 2.11 bits per heavy atom. The summed E-state index contributed by atoms with van der Waals surface area (Å²) >= 11 is 0. The monoisotopic (exact) mass is 410 g/mol. The van der Waals surface area contributed by atoms with Crippen LogP contribution in [0.15, 0.2) is 25.0 Å². The summed E-state index contributed by atoms with van der Waals surface area (Å²) in [7, 11) is -4.48. The van der Waals surface area contributed by atoms with Gasteiger partial charge in [0, 0.05) is 12.4 Å². The number of ether oxygens (including phenoxy) is 1. The molecule has 3 aromatic heterocycles. The number of nitrogens with two attached hydrogens (primary N) is 1. The Morgan fingerprint density at radius 3 is 2.82 bits per heavy atom. The normalized spacial score (nSPS) is 27.3. The fraction of sp³-hybridized carbons (Fsp3) is 0.429. The maximum Gasteiger partial charge on any atom is 0.237 e. The van der Waals surface area contributed by atoms with Crippen LogP contribution >= 0.6 is 7.75 Å². The van der Waals surface area contributed by atoms with Gasteiger partial charge in [0.25, 0.3) is 0 Å². The van der Waals surface area contributed by atoms with Crippen molar-refractivity contribution in [2.75, 3.05) is 12.3 Å². The van der Waals surface area contributed by atoms with E-state index in [1.165, 1.54) is 36.5 Å². The molecule has 14 heteroatoms. The van der Waals surface area contributed by atoms with E-state index >= 15 is 0 Å². The first kappa shape index (κ1) is 18.9. The Morgan fingerprint density at radius 1 is 1.32 bits per heavy atom. The number of imidazole rings is 2. The molecule has 1 aliphatic rings. The zero-order chi connectivity index (χ0) is 20.1. The van der Waals surface area contributed by atoms with Crippen LogP contribution in [0.5, 0.6) is 0 Å². The van der Waals surface area contributed by atoms with Gasteiger partial charge < -0.3 is 30.1 Å². The average Bonchev–Trinajstić information content (AvgIpc) is 3.34. The van der Waals surface area contributed by atoms with E-state index in [-0.39, 0.29) is 11.6 Å². The molecule has 4 N–H and O–H groups in total. The third kappa shape index (κ3) is 3.07. The van der Waals surface area contributed by atoms with Gasteiger partial charge in [0.15, 0.2) is 17.7 Å². The fourth-order valence-corrected chi connectivity index (χ4v) is 4.10. The van der Waals surface area contributed by atoms with E-state index < -0.39 is 38.9 Å². The van der Waals surface area contributed by atoms with Crippen molar-refractivity contribution in [2.45, 2.75) is 31.5 Å². The van der Waals surface area contributed by atoms with E-state index in [2.05, 4.69) is 19.9 Å². The summed E-state index contributed by atoms with van der Waals surface area (Å²) in [5, 5.41) is 20.6. The molecule has 28 heavy (non-hydrogen) atoms. The Kier molecular flexibility index (Phi) is 4.65. The number of hydrogen-bond donors (Lipinski definition) is 3. The van der Waals surface area contributed by atoms with Gasteiger partial charge in [-0.25, -0.2) is 19.9 Å². The SMILES string of the molecule is Cc1nccn1P(=O)([O-])OC[C@H]1O[C@@H](n2cnc3c(N)ncnc32)[C@H](O)[C@@H]1O. The fourth-order valence-electron chi connectivity index (χ4n) is 3.01. The Balaban J connectivity index is 1.52. The highest BCUT2D eigenvalue weighted by Gasteiger charge is 2.44. The van der Waals surface area contributed by atoms with Crippen LogP contribution in [0.25, 0.3) is 11.2 Å². The lowest BCUT2D eigenvalue weighted by Gasteiger charge is -2.27. The summed E-state index contributed by atoms with van der Waals surface area (Å²) in [5.74, 6) is 0.381. The van der Waals surface area contributed by atoms with Gasteiger partial charge in [-0.05, 0) is 6.92 Å². The topological polar surface area (TPSA) is 186 Å². The van der Waals surface area contributed by atoms with E-state index in [9.17, 15) is 19.7 Å². The number of aromatic nitrogens is 6. The van der Waals surface area contributed by atoms with Crippen molar-refractivity contribution in [2.24, 2.45) is 0 Å². The number of aliphatic hydroxyl groups excluding tert-OH is 2. The van der Waals surface area contributed by atoms with Crippen LogP contribution in [-0.4, -0.2) is 64.0 Å². The van der Waals surface area contributed by atoms with Crippen molar-refractivity contribution in [3.63, 3.8) is 0 Å². The first-order valence-corrected chi connectivity index (χ1v) is 9.70. The minimum Gasteiger partial charge on any atom is -0.761 e. The lowest BCUT2D eigenvalue weighted by molar-refractivity contribution is -0.205. The van der Waals surface area contributed by atoms with Crippen LogP contribution in [-0.2, 0) is 13.8 Å². The van der Waals surface area contributed by atoms with E-state index in [1.54, 1.807) is 0 Å². The number of aliphatic hydroxyl groups is 2. The second-order valence-electron chi connectivity index (χ2n) is 6.21. The molecule has 1 fully saturated rings. The van der Waals surface area contributed by atoms with Gasteiger partial charge in [-0.1, -0.05) is 0 Å². The molecule has 0 radical (unpaired) electrons. The highest BCUT2D eigenvalue weighted by atomic mass is 31.2. The Labute approximate surface area is 158 Å². The second-order valence-corrected chi connectivity index (χ2v) is 7.84. The summed E-state index contributed by atoms with van der Waals surface area (Å²) in [6.07, 6.45) is 0.193. The summed E-state index contributed by atoms with van der Waals surface area (Å²) in [5.41, 5.74) is 6.35. The molecule has 0 aromatic carbocycles. The minimum atomic E-state index is -4.48. The molecule has 0 bridgehead atoms. The van der Waals surface area contributed by atoms with Crippen LogP contribution in [0.3, 0.4) is 0 Å². The van der Waals surface area contributed by atoms with Gasteiger partial charge >= 0.3 is 0 Å². The number of hydrogen-bond acceptors (Lipinski definition) is 11. The first-order valence-electron chi connectivity index (χ1n) is 8.20. The molecule has 4 heterocycles. The van der Waals surface area contributed by atoms with Gasteiger partial charge in [0.1, 0.15) is 36.0 Å². The highest BCUT2D eigenvalue weighted by Crippen LogP contribution is 2.41. The highest BCUT2D eigenvalue weighted by molar-refractivity contribution is 7.49. The first-order chi connectivity index (χ1) is 13.3. The largest absolute Gasteiger partial charge is 0.761 e. The number of rotatable bonds is 5. The summed E-state index contributed by atoms with van der Waals surface area (Å²) in [6.45, 7) is 1.00. The van der Waals surface area contributed by atoms with Crippen molar-refractivity contribution in [1.82, 2.24) is 28.8 Å². The van der Waals surface area contributed by atoms with Crippen molar-refractivity contribution < 1.29 is 28.9 Å². The van der Waals surface area contributed by atoms with Crippen molar-refractivity contribution in [1.29, 1.82) is 0 Å². The maximum atomic E-state index is 12.3. The molecule has 0 amide bonds. The Hall–Kier alpha value is -2.41. The molecule has 0 spiro atoms. The zero-order valence-corrected chi connectivity index (χ0v) is 15.5. The smallest absolute Gasteiger partial charge is 0.237 e. The van der Waals surface area contributed by atoms with Crippen molar-refractivity contribution >= 4 is 24.7 Å². The predicted octanol–water partition coefficient (Wildman–Crippen LogP) is -1.43. The second kappa shape index (κ2) is 6.88. The molecule has 0 aliphatic carbocycles. The van der Waals surface area contributed by atoms with Crippen molar-refractivity contribution in [3.8, 4) is 0 Å². The van der Waals surface area contributed by atoms with Gasteiger partial charge in [-0.3, -0.25) is 13.5 Å². The number of anilines is 1. The van der Waals surface area contributed by atoms with Gasteiger partial charge in [-0.15, -0.1) is 0 Å². The van der Waals surface area contributed by atoms with Crippen LogP contribution in [0.2, 0.25) is 0 Å². The molecular weight excluding hydrogens is 393 g/mol. The van der Waals surface area contributed by atoms with E-state index in [4.69, 9.17) is 15.0 Å². The van der Waals surface area contributed by atoms with Gasteiger partial charge in [0.2, 0.25) is 7.75 Å². The molecule has 1 unspecified atom stereocenters. The number of aryl methyl sites for hydroxylation is 1. The maximum absolute atomic E-state index is 12.3. The van der Waals surface area contributed by atoms with Crippen LogP contribution in [0.4, 0.5) is 5.82 Å². The standard InChI is InChI=1S/C14H18N7O6P/c1-7-16-2-3-21(7)28(24,25)26-4-8-10(22)11(23)14(27-8)20-6-19-9-12(15)17-5-18-13(9)20/h2-3,5-6,8,10-11,14,22-23H,4H2,1H3,(H,24,25)(H2,15,17,18)/p-1/t8-,10-,11-,14-/m1/s1. The van der Waals surface area contributed by atoms with Gasteiger partial charge in [-0.2, -0.15) is 0 Å². The molecule has 3 aromatic rings. The molecular formula is C14H17N7O6P-. The summed E-state index contributed by atoms with van der Waals surface area (Å²) in [6, 6.07) is 0. The molecule has 1 saturated heterocycles. The summed E-state index contributed by atoms with van der Waals surface area (Å²) in [4.78, 5) is 28.1. The molecule has 4 rings (SSSR count). The third-order valence-corrected chi connectivity index (χ3v) is 5.89. The number of fused-ring (bicyclic) bond motifs is 1. The lowest BCUT2D eigenvalue weighted by atomic mass is 10.1. The number of nitrogens with zero attached hydrogens (tertiary/aromatic N) is 6. The minimum absolute atomic E-state index is 0.152. The van der Waals surface area contributed by atoms with E-state index in [0.717, 1.165) is 4.34 Å². The van der Waals surface area contributed by atoms with Gasteiger partial charge in [0.05, 0.1) is 12.9 Å². The predicted molar refractivity (Wildman–Crippen MR) is 91.6 cm³/mol. The molecule has 1 aliphatic heterocycles. The molecule has 150 valence electrons.